The van der Waals surface area contributed by atoms with Gasteiger partial charge in [0.1, 0.15) is 0 Å². The van der Waals surface area contributed by atoms with Gasteiger partial charge in [0.2, 0.25) is 0 Å². The fraction of sp³-hybridized carbons (Fsp3) is 0.200. The molecular formula is C15H17FN2O. The zero-order valence-electron chi connectivity index (χ0n) is 11.0. The summed E-state index contributed by atoms with van der Waals surface area (Å²) in [7, 11) is 1.43. The van der Waals surface area contributed by atoms with Crippen LogP contribution in [0.4, 0.5) is 21.5 Å². The van der Waals surface area contributed by atoms with Crippen LogP contribution in [0.3, 0.4) is 0 Å². The highest BCUT2D eigenvalue weighted by atomic mass is 19.1. The van der Waals surface area contributed by atoms with Gasteiger partial charge in [-0.15, -0.1) is 0 Å². The normalized spacial score (nSPS) is 10.3. The molecule has 4 heteroatoms. The van der Waals surface area contributed by atoms with E-state index in [1.54, 1.807) is 6.07 Å². The van der Waals surface area contributed by atoms with E-state index in [2.05, 4.69) is 12.2 Å². The lowest BCUT2D eigenvalue weighted by molar-refractivity contribution is 0.387. The molecule has 19 heavy (non-hydrogen) atoms. The Morgan fingerprint density at radius 3 is 2.47 bits per heavy atom. The van der Waals surface area contributed by atoms with E-state index in [4.69, 9.17) is 10.5 Å². The summed E-state index contributed by atoms with van der Waals surface area (Å²) in [5.41, 5.74) is 8.92. The molecule has 0 spiro atoms. The molecule has 2 rings (SSSR count). The van der Waals surface area contributed by atoms with Crippen LogP contribution < -0.4 is 15.8 Å². The number of methoxy groups -OCH3 is 1. The summed E-state index contributed by atoms with van der Waals surface area (Å²) < 4.78 is 18.4. The van der Waals surface area contributed by atoms with Crippen LogP contribution in [0.1, 0.15) is 12.5 Å². The quantitative estimate of drug-likeness (QED) is 0.823. The minimum Gasteiger partial charge on any atom is -0.494 e. The van der Waals surface area contributed by atoms with Crippen molar-refractivity contribution in [3.05, 3.63) is 47.8 Å². The fourth-order valence-electron chi connectivity index (χ4n) is 1.81. The standard InChI is InChI=1S/C15H17FN2O/c1-3-10-4-6-11(7-5-10)18-14-9-15(19-2)12(16)8-13(14)17/h4-9,18H,3,17H2,1-2H3. The molecular weight excluding hydrogens is 243 g/mol. The predicted octanol–water partition coefficient (Wildman–Crippen LogP) is 3.72. The lowest BCUT2D eigenvalue weighted by atomic mass is 10.1. The molecule has 0 aliphatic carbocycles. The van der Waals surface area contributed by atoms with Crippen molar-refractivity contribution in [3.63, 3.8) is 0 Å². The molecule has 0 aromatic heterocycles. The molecule has 3 N–H and O–H groups in total. The van der Waals surface area contributed by atoms with Gasteiger partial charge in [-0.1, -0.05) is 19.1 Å². The number of ether oxygens (including phenoxy) is 1. The van der Waals surface area contributed by atoms with Crippen LogP contribution in [0.2, 0.25) is 0 Å². The van der Waals surface area contributed by atoms with E-state index in [-0.39, 0.29) is 5.75 Å². The molecule has 0 atom stereocenters. The van der Waals surface area contributed by atoms with Gasteiger partial charge in [0.05, 0.1) is 18.5 Å². The SMILES string of the molecule is CCc1ccc(Nc2cc(OC)c(F)cc2N)cc1. The summed E-state index contributed by atoms with van der Waals surface area (Å²) in [6.07, 6.45) is 0.993. The first kappa shape index (κ1) is 13.2. The molecule has 2 aromatic rings. The summed E-state index contributed by atoms with van der Waals surface area (Å²) in [5, 5.41) is 3.15. The number of aryl methyl sites for hydroxylation is 1. The average Bonchev–Trinajstić information content (AvgIpc) is 2.42. The third-order valence-corrected chi connectivity index (χ3v) is 2.97. The molecule has 0 aliphatic rings. The lowest BCUT2D eigenvalue weighted by Crippen LogP contribution is -1.99. The highest BCUT2D eigenvalue weighted by molar-refractivity contribution is 5.74. The van der Waals surface area contributed by atoms with Crippen molar-refractivity contribution in [2.24, 2.45) is 0 Å². The van der Waals surface area contributed by atoms with Crippen LogP contribution in [-0.4, -0.2) is 7.11 Å². The van der Waals surface area contributed by atoms with Gasteiger partial charge in [0.15, 0.2) is 11.6 Å². The number of benzene rings is 2. The molecule has 100 valence electrons. The van der Waals surface area contributed by atoms with Crippen LogP contribution in [0.25, 0.3) is 0 Å². The van der Waals surface area contributed by atoms with Gasteiger partial charge >= 0.3 is 0 Å². The number of anilines is 3. The molecule has 0 unspecified atom stereocenters. The largest absolute Gasteiger partial charge is 0.494 e. The van der Waals surface area contributed by atoms with Crippen molar-refractivity contribution in [1.29, 1.82) is 0 Å². The minimum atomic E-state index is -0.466. The zero-order valence-corrected chi connectivity index (χ0v) is 11.0. The maximum atomic E-state index is 13.4. The lowest BCUT2D eigenvalue weighted by Gasteiger charge is -2.12. The number of nitrogens with two attached hydrogens (primary N) is 1. The van der Waals surface area contributed by atoms with E-state index in [0.717, 1.165) is 12.1 Å². The first-order valence-electron chi connectivity index (χ1n) is 6.13. The first-order valence-corrected chi connectivity index (χ1v) is 6.13. The van der Waals surface area contributed by atoms with Crippen molar-refractivity contribution in [1.82, 2.24) is 0 Å². The molecule has 0 saturated carbocycles. The molecule has 3 nitrogen and oxygen atoms in total. The van der Waals surface area contributed by atoms with E-state index in [9.17, 15) is 4.39 Å². The maximum Gasteiger partial charge on any atom is 0.167 e. The highest BCUT2D eigenvalue weighted by Crippen LogP contribution is 2.30. The van der Waals surface area contributed by atoms with Crippen molar-refractivity contribution in [2.45, 2.75) is 13.3 Å². The van der Waals surface area contributed by atoms with E-state index >= 15 is 0 Å². The second-order valence-corrected chi connectivity index (χ2v) is 4.25. The van der Waals surface area contributed by atoms with Gasteiger partial charge < -0.3 is 15.8 Å². The molecule has 0 fully saturated rings. The van der Waals surface area contributed by atoms with Crippen molar-refractivity contribution < 1.29 is 9.13 Å². The molecule has 0 bridgehead atoms. The van der Waals surface area contributed by atoms with Crippen LogP contribution in [0, 0.1) is 5.82 Å². The Labute approximate surface area is 112 Å². The van der Waals surface area contributed by atoms with Gasteiger partial charge in [-0.2, -0.15) is 0 Å². The fourth-order valence-corrected chi connectivity index (χ4v) is 1.81. The topological polar surface area (TPSA) is 47.3 Å². The number of hydrogen-bond acceptors (Lipinski definition) is 3. The number of nitrogen functional groups attached to an aromatic ring is 1. The van der Waals surface area contributed by atoms with Crippen LogP contribution >= 0.6 is 0 Å². The van der Waals surface area contributed by atoms with E-state index in [1.807, 2.05) is 24.3 Å². The Morgan fingerprint density at radius 1 is 1.21 bits per heavy atom. The third-order valence-electron chi connectivity index (χ3n) is 2.97. The molecule has 0 saturated heterocycles. The van der Waals surface area contributed by atoms with E-state index in [0.29, 0.717) is 11.4 Å². The summed E-state index contributed by atoms with van der Waals surface area (Å²) in [4.78, 5) is 0. The van der Waals surface area contributed by atoms with E-state index < -0.39 is 5.82 Å². The Balaban J connectivity index is 2.26. The molecule has 2 aromatic carbocycles. The average molecular weight is 260 g/mol. The van der Waals surface area contributed by atoms with Crippen LogP contribution in [0.5, 0.6) is 5.75 Å². The summed E-state index contributed by atoms with van der Waals surface area (Å²) in [6, 6.07) is 10.8. The molecule has 0 aliphatic heterocycles. The van der Waals surface area contributed by atoms with Gasteiger partial charge in [-0.3, -0.25) is 0 Å². The summed E-state index contributed by atoms with van der Waals surface area (Å²) >= 11 is 0. The van der Waals surface area contributed by atoms with E-state index in [1.165, 1.54) is 18.7 Å². The summed E-state index contributed by atoms with van der Waals surface area (Å²) in [5.74, 6) is -0.297. The van der Waals surface area contributed by atoms with Crippen molar-refractivity contribution in [2.75, 3.05) is 18.2 Å². The Kier molecular flexibility index (Phi) is 3.90. The Morgan fingerprint density at radius 2 is 1.89 bits per heavy atom. The first-order chi connectivity index (χ1) is 9.13. The van der Waals surface area contributed by atoms with Crippen LogP contribution in [-0.2, 0) is 6.42 Å². The second kappa shape index (κ2) is 5.61. The zero-order chi connectivity index (χ0) is 13.8. The number of rotatable bonds is 4. The smallest absolute Gasteiger partial charge is 0.167 e. The monoisotopic (exact) mass is 260 g/mol. The van der Waals surface area contributed by atoms with Gasteiger partial charge in [0.25, 0.3) is 0 Å². The third kappa shape index (κ3) is 2.96. The number of hydrogen-bond donors (Lipinski definition) is 2. The van der Waals surface area contributed by atoms with Gasteiger partial charge in [-0.25, -0.2) is 4.39 Å². The molecule has 0 heterocycles. The van der Waals surface area contributed by atoms with Gasteiger partial charge in [0, 0.05) is 17.8 Å². The number of nitrogens with one attached hydrogen (secondary N) is 1. The van der Waals surface area contributed by atoms with Crippen molar-refractivity contribution >= 4 is 17.1 Å². The minimum absolute atomic E-state index is 0.168. The number of halogens is 1. The maximum absolute atomic E-state index is 13.4. The molecule has 0 amide bonds. The Bertz CT molecular complexity index is 567. The van der Waals surface area contributed by atoms with Crippen molar-refractivity contribution in [3.8, 4) is 5.75 Å². The summed E-state index contributed by atoms with van der Waals surface area (Å²) in [6.45, 7) is 2.10. The molecule has 0 radical (unpaired) electrons. The predicted molar refractivity (Wildman–Crippen MR) is 76.5 cm³/mol. The highest BCUT2D eigenvalue weighted by Gasteiger charge is 2.08. The second-order valence-electron chi connectivity index (χ2n) is 4.25. The van der Waals surface area contributed by atoms with Crippen LogP contribution in [0.15, 0.2) is 36.4 Å². The Hall–Kier alpha value is -2.23. The van der Waals surface area contributed by atoms with Gasteiger partial charge in [-0.05, 0) is 24.1 Å².